The predicted octanol–water partition coefficient (Wildman–Crippen LogP) is 2.68. The molecule has 4 rings (SSSR count). The maximum absolute atomic E-state index is 13.0. The first-order valence-corrected chi connectivity index (χ1v) is 11.6. The van der Waals surface area contributed by atoms with Gasteiger partial charge < -0.3 is 10.6 Å². The Morgan fingerprint density at radius 3 is 2.52 bits per heavy atom. The minimum absolute atomic E-state index is 0.248. The summed E-state index contributed by atoms with van der Waals surface area (Å²) in [6.45, 7) is 5.09. The summed E-state index contributed by atoms with van der Waals surface area (Å²) >= 11 is 0. The Hall–Kier alpha value is -2.41. The number of carbonyl (C=O) groups is 3. The molecule has 7 nitrogen and oxygen atoms in total. The molecular formula is C24H34N4O3. The number of aryl methyl sites for hydroxylation is 1. The van der Waals surface area contributed by atoms with Crippen molar-refractivity contribution >= 4 is 17.8 Å². The van der Waals surface area contributed by atoms with Crippen LogP contribution in [0.5, 0.6) is 0 Å². The highest BCUT2D eigenvalue weighted by atomic mass is 16.2. The van der Waals surface area contributed by atoms with Crippen LogP contribution in [-0.4, -0.2) is 59.4 Å². The quantitative estimate of drug-likeness (QED) is 0.686. The van der Waals surface area contributed by atoms with Gasteiger partial charge in [-0.15, -0.1) is 0 Å². The molecule has 3 fully saturated rings. The number of hydrogen-bond acceptors (Lipinski definition) is 4. The number of benzene rings is 1. The van der Waals surface area contributed by atoms with Gasteiger partial charge in [-0.25, -0.2) is 4.79 Å². The van der Waals surface area contributed by atoms with Crippen LogP contribution in [0.4, 0.5) is 4.79 Å². The monoisotopic (exact) mass is 426 g/mol. The second-order valence-corrected chi connectivity index (χ2v) is 9.44. The van der Waals surface area contributed by atoms with Gasteiger partial charge in [0.1, 0.15) is 12.1 Å². The molecule has 1 saturated carbocycles. The Kier molecular flexibility index (Phi) is 6.32. The molecule has 2 N–H and O–H groups in total. The summed E-state index contributed by atoms with van der Waals surface area (Å²) in [5.74, 6) is -0.673. The van der Waals surface area contributed by atoms with E-state index in [0.29, 0.717) is 24.2 Å². The zero-order valence-electron chi connectivity index (χ0n) is 18.7. The van der Waals surface area contributed by atoms with Crippen LogP contribution in [0.25, 0.3) is 0 Å². The van der Waals surface area contributed by atoms with Gasteiger partial charge in [-0.2, -0.15) is 0 Å². The number of nitrogens with one attached hydrogen (secondary N) is 2. The summed E-state index contributed by atoms with van der Waals surface area (Å²) in [5.41, 5.74) is 0.650. The first-order valence-electron chi connectivity index (χ1n) is 11.6. The highest BCUT2D eigenvalue weighted by Crippen LogP contribution is 2.30. The van der Waals surface area contributed by atoms with Gasteiger partial charge >= 0.3 is 6.03 Å². The summed E-state index contributed by atoms with van der Waals surface area (Å²) in [6, 6.07) is 7.98. The smallest absolute Gasteiger partial charge is 0.325 e. The highest BCUT2D eigenvalue weighted by molar-refractivity contribution is 6.09. The molecular weight excluding hydrogens is 392 g/mol. The lowest BCUT2D eigenvalue weighted by molar-refractivity contribution is -0.134. The number of rotatable bonds is 6. The van der Waals surface area contributed by atoms with Gasteiger partial charge in [0.2, 0.25) is 5.91 Å². The number of nitrogens with zero attached hydrogens (tertiary/aromatic N) is 2. The van der Waals surface area contributed by atoms with Crippen molar-refractivity contribution in [3.63, 3.8) is 0 Å². The van der Waals surface area contributed by atoms with E-state index in [-0.39, 0.29) is 18.4 Å². The number of amides is 4. The third-order valence-corrected chi connectivity index (χ3v) is 7.21. The fourth-order valence-corrected chi connectivity index (χ4v) is 5.32. The lowest BCUT2D eigenvalue weighted by atomic mass is 9.91. The van der Waals surface area contributed by atoms with Crippen LogP contribution in [0.1, 0.15) is 63.0 Å². The summed E-state index contributed by atoms with van der Waals surface area (Å²) in [4.78, 5) is 41.8. The van der Waals surface area contributed by atoms with Gasteiger partial charge in [-0.05, 0) is 51.6 Å². The highest BCUT2D eigenvalue weighted by Gasteiger charge is 2.49. The maximum atomic E-state index is 13.0. The summed E-state index contributed by atoms with van der Waals surface area (Å²) in [6.07, 6.45) is 8.69. The van der Waals surface area contributed by atoms with Gasteiger partial charge in [0.15, 0.2) is 0 Å². The standard InChI is InChI=1S/C24H34N4O3/c1-17-10-12-18(13-11-17)24(2)22(30)28(23(31)26-24)16-21(29)25-15-20-9-6-14-27(20)19-7-4-3-5-8-19/h10-13,19-20H,3-9,14-16H2,1-2H3,(H,25,29)(H,26,31)/t20-,24+/m1/s1. The predicted molar refractivity (Wildman–Crippen MR) is 118 cm³/mol. The molecule has 31 heavy (non-hydrogen) atoms. The number of imide groups is 1. The summed E-state index contributed by atoms with van der Waals surface area (Å²) < 4.78 is 0. The van der Waals surface area contributed by atoms with Crippen molar-refractivity contribution in [2.45, 2.75) is 76.4 Å². The SMILES string of the molecule is Cc1ccc([C@]2(C)NC(=O)N(CC(=O)NC[C@H]3CCCN3C3CCCCC3)C2=O)cc1. The average Bonchev–Trinajstić information content (AvgIpc) is 3.32. The summed E-state index contributed by atoms with van der Waals surface area (Å²) in [5, 5.41) is 5.75. The molecule has 7 heteroatoms. The molecule has 2 saturated heterocycles. The third kappa shape index (κ3) is 4.47. The minimum atomic E-state index is -1.14. The molecule has 2 heterocycles. The molecule has 0 bridgehead atoms. The molecule has 4 amide bonds. The average molecular weight is 427 g/mol. The van der Waals surface area contributed by atoms with Crippen LogP contribution in [0.15, 0.2) is 24.3 Å². The van der Waals surface area contributed by atoms with Crippen LogP contribution in [0.2, 0.25) is 0 Å². The van der Waals surface area contributed by atoms with Crippen molar-refractivity contribution in [3.05, 3.63) is 35.4 Å². The largest absolute Gasteiger partial charge is 0.353 e. The zero-order chi connectivity index (χ0) is 22.0. The molecule has 1 aliphatic carbocycles. The lowest BCUT2D eigenvalue weighted by Crippen LogP contribution is -2.48. The van der Waals surface area contributed by atoms with Crippen molar-refractivity contribution in [1.29, 1.82) is 0 Å². The molecule has 0 radical (unpaired) electrons. The van der Waals surface area contributed by atoms with Crippen LogP contribution < -0.4 is 10.6 Å². The van der Waals surface area contributed by atoms with E-state index in [1.165, 1.54) is 38.5 Å². The van der Waals surface area contributed by atoms with Crippen molar-refractivity contribution in [1.82, 2.24) is 20.4 Å². The van der Waals surface area contributed by atoms with Crippen molar-refractivity contribution < 1.29 is 14.4 Å². The number of likely N-dealkylation sites (tertiary alicyclic amines) is 1. The van der Waals surface area contributed by atoms with Crippen molar-refractivity contribution in [2.75, 3.05) is 19.6 Å². The fourth-order valence-electron chi connectivity index (χ4n) is 5.32. The molecule has 1 aromatic rings. The first kappa shape index (κ1) is 21.8. The van der Waals surface area contributed by atoms with Crippen molar-refractivity contribution in [2.24, 2.45) is 0 Å². The Balaban J connectivity index is 1.33. The van der Waals surface area contributed by atoms with E-state index in [0.717, 1.165) is 23.4 Å². The Bertz CT molecular complexity index is 834. The van der Waals surface area contributed by atoms with E-state index in [2.05, 4.69) is 15.5 Å². The fraction of sp³-hybridized carbons (Fsp3) is 0.625. The number of carbonyl (C=O) groups excluding carboxylic acids is 3. The van der Waals surface area contributed by atoms with E-state index >= 15 is 0 Å². The van der Waals surface area contributed by atoms with Crippen LogP contribution in [0.3, 0.4) is 0 Å². The van der Waals surface area contributed by atoms with Crippen LogP contribution in [-0.2, 0) is 15.1 Å². The molecule has 1 aromatic carbocycles. The third-order valence-electron chi connectivity index (χ3n) is 7.21. The van der Waals surface area contributed by atoms with Gasteiger partial charge in [0.05, 0.1) is 0 Å². The topological polar surface area (TPSA) is 81.8 Å². The van der Waals surface area contributed by atoms with Gasteiger partial charge in [0.25, 0.3) is 5.91 Å². The second kappa shape index (κ2) is 8.99. The van der Waals surface area contributed by atoms with E-state index in [1.807, 2.05) is 31.2 Å². The second-order valence-electron chi connectivity index (χ2n) is 9.44. The van der Waals surface area contributed by atoms with Gasteiger partial charge in [0, 0.05) is 18.6 Å². The Morgan fingerprint density at radius 2 is 1.81 bits per heavy atom. The molecule has 3 aliphatic rings. The van der Waals surface area contributed by atoms with E-state index in [9.17, 15) is 14.4 Å². The molecule has 0 spiro atoms. The maximum Gasteiger partial charge on any atom is 0.325 e. The molecule has 2 atom stereocenters. The molecule has 168 valence electrons. The first-order chi connectivity index (χ1) is 14.9. The van der Waals surface area contributed by atoms with E-state index in [1.54, 1.807) is 6.92 Å². The normalized spacial score (nSPS) is 27.5. The number of hydrogen-bond donors (Lipinski definition) is 2. The minimum Gasteiger partial charge on any atom is -0.353 e. The van der Waals surface area contributed by atoms with Gasteiger partial charge in [-0.3, -0.25) is 19.4 Å². The summed E-state index contributed by atoms with van der Waals surface area (Å²) in [7, 11) is 0. The van der Waals surface area contributed by atoms with E-state index in [4.69, 9.17) is 0 Å². The Labute approximate surface area is 184 Å². The van der Waals surface area contributed by atoms with Crippen LogP contribution in [0, 0.1) is 6.92 Å². The molecule has 2 aliphatic heterocycles. The van der Waals surface area contributed by atoms with Gasteiger partial charge in [-0.1, -0.05) is 49.1 Å². The molecule has 0 aromatic heterocycles. The lowest BCUT2D eigenvalue weighted by Gasteiger charge is -2.35. The zero-order valence-corrected chi connectivity index (χ0v) is 18.7. The van der Waals surface area contributed by atoms with Crippen molar-refractivity contribution in [3.8, 4) is 0 Å². The molecule has 0 unspecified atom stereocenters. The van der Waals surface area contributed by atoms with Crippen LogP contribution >= 0.6 is 0 Å². The number of urea groups is 1. The van der Waals surface area contributed by atoms with E-state index < -0.39 is 11.6 Å². The Morgan fingerprint density at radius 1 is 1.10 bits per heavy atom.